The van der Waals surface area contributed by atoms with Crippen molar-refractivity contribution < 1.29 is 15.0 Å². The summed E-state index contributed by atoms with van der Waals surface area (Å²) in [5, 5.41) is 17.7. The smallest absolute Gasteiger partial charge is 0.304 e. The van der Waals surface area contributed by atoms with Gasteiger partial charge in [-0.2, -0.15) is 0 Å². The average Bonchev–Trinajstić information content (AvgIpc) is 2.47. The molecule has 6 nitrogen and oxygen atoms in total. The Kier molecular flexibility index (Phi) is 6.22. The van der Waals surface area contributed by atoms with Gasteiger partial charge < -0.3 is 15.1 Å². The van der Waals surface area contributed by atoms with E-state index in [1.807, 2.05) is 0 Å². The fourth-order valence-corrected chi connectivity index (χ4v) is 3.28. The van der Waals surface area contributed by atoms with Gasteiger partial charge in [0.05, 0.1) is 13.0 Å². The summed E-state index contributed by atoms with van der Waals surface area (Å²) < 4.78 is 0. The standard InChI is InChI=1S/C14H27N3O3/c18-11-10-15-6-8-17(9-7-15)13-2-1-4-16(12-13)5-3-14(19)20/h13,18H,1-12H2,(H,19,20). The van der Waals surface area contributed by atoms with Gasteiger partial charge in [-0.25, -0.2) is 0 Å². The van der Waals surface area contributed by atoms with Gasteiger partial charge in [-0.05, 0) is 19.4 Å². The lowest BCUT2D eigenvalue weighted by atomic mass is 10.0. The van der Waals surface area contributed by atoms with Crippen LogP contribution >= 0.6 is 0 Å². The predicted octanol–water partition coefficient (Wildman–Crippen LogP) is -0.465. The van der Waals surface area contributed by atoms with E-state index in [1.54, 1.807) is 0 Å². The maximum atomic E-state index is 10.7. The van der Waals surface area contributed by atoms with Gasteiger partial charge in [0.25, 0.3) is 0 Å². The molecule has 1 atom stereocenters. The predicted molar refractivity (Wildman–Crippen MR) is 76.8 cm³/mol. The van der Waals surface area contributed by atoms with E-state index in [0.29, 0.717) is 12.6 Å². The van der Waals surface area contributed by atoms with Gasteiger partial charge >= 0.3 is 5.97 Å². The van der Waals surface area contributed by atoms with Gasteiger partial charge in [0.15, 0.2) is 0 Å². The molecule has 2 rings (SSSR count). The molecule has 0 aromatic rings. The molecule has 20 heavy (non-hydrogen) atoms. The Hall–Kier alpha value is -0.690. The molecule has 6 heteroatoms. The highest BCUT2D eigenvalue weighted by Crippen LogP contribution is 2.17. The number of aliphatic hydroxyl groups excluding tert-OH is 1. The monoisotopic (exact) mass is 285 g/mol. The van der Waals surface area contributed by atoms with E-state index in [9.17, 15) is 4.79 Å². The van der Waals surface area contributed by atoms with Gasteiger partial charge in [-0.1, -0.05) is 0 Å². The third-order valence-electron chi connectivity index (χ3n) is 4.46. The minimum absolute atomic E-state index is 0.242. The lowest BCUT2D eigenvalue weighted by Crippen LogP contribution is -2.55. The molecule has 2 heterocycles. The zero-order valence-electron chi connectivity index (χ0n) is 12.2. The van der Waals surface area contributed by atoms with Crippen molar-refractivity contribution in [3.05, 3.63) is 0 Å². The number of β-amino-alcohol motifs (C(OH)–C–C–N with tert-alkyl or cyclic N) is 1. The first-order valence-electron chi connectivity index (χ1n) is 7.70. The van der Waals surface area contributed by atoms with Gasteiger partial charge in [0, 0.05) is 51.9 Å². The van der Waals surface area contributed by atoms with E-state index < -0.39 is 5.97 Å². The summed E-state index contributed by atoms with van der Waals surface area (Å²) >= 11 is 0. The molecule has 0 aliphatic carbocycles. The zero-order valence-corrected chi connectivity index (χ0v) is 12.2. The maximum Gasteiger partial charge on any atom is 0.304 e. The molecule has 0 radical (unpaired) electrons. The van der Waals surface area contributed by atoms with Gasteiger partial charge in [0.2, 0.25) is 0 Å². The van der Waals surface area contributed by atoms with Crippen LogP contribution in [0.25, 0.3) is 0 Å². The third-order valence-corrected chi connectivity index (χ3v) is 4.46. The third kappa shape index (κ3) is 4.70. The highest BCUT2D eigenvalue weighted by molar-refractivity contribution is 5.66. The van der Waals surface area contributed by atoms with Gasteiger partial charge in [-0.3, -0.25) is 14.6 Å². The minimum Gasteiger partial charge on any atom is -0.481 e. The van der Waals surface area contributed by atoms with E-state index in [0.717, 1.165) is 45.8 Å². The second kappa shape index (κ2) is 7.93. The Morgan fingerprint density at radius 3 is 2.45 bits per heavy atom. The number of carboxylic acids is 1. The number of piperidine rings is 1. The Morgan fingerprint density at radius 2 is 1.80 bits per heavy atom. The maximum absolute atomic E-state index is 10.7. The van der Waals surface area contributed by atoms with Crippen LogP contribution in [-0.4, -0.2) is 95.9 Å². The molecule has 2 aliphatic heterocycles. The van der Waals surface area contributed by atoms with Crippen molar-refractivity contribution in [3.8, 4) is 0 Å². The molecule has 1 unspecified atom stereocenters. The summed E-state index contributed by atoms with van der Waals surface area (Å²) in [7, 11) is 0. The van der Waals surface area contributed by atoms with Crippen molar-refractivity contribution >= 4 is 5.97 Å². The first kappa shape index (κ1) is 15.7. The van der Waals surface area contributed by atoms with Crippen LogP contribution < -0.4 is 0 Å². The first-order valence-corrected chi connectivity index (χ1v) is 7.70. The van der Waals surface area contributed by atoms with Crippen molar-refractivity contribution in [1.82, 2.24) is 14.7 Å². The molecule has 0 aromatic carbocycles. The highest BCUT2D eigenvalue weighted by atomic mass is 16.4. The number of hydrogen-bond donors (Lipinski definition) is 2. The van der Waals surface area contributed by atoms with Crippen LogP contribution in [0.5, 0.6) is 0 Å². The number of likely N-dealkylation sites (tertiary alicyclic amines) is 1. The molecule has 0 amide bonds. The number of aliphatic hydroxyl groups is 1. The van der Waals surface area contributed by atoms with Crippen LogP contribution in [0.4, 0.5) is 0 Å². The van der Waals surface area contributed by atoms with Crippen LogP contribution in [0.15, 0.2) is 0 Å². The largest absolute Gasteiger partial charge is 0.481 e. The van der Waals surface area contributed by atoms with Crippen molar-refractivity contribution in [3.63, 3.8) is 0 Å². The lowest BCUT2D eigenvalue weighted by molar-refractivity contribution is -0.137. The quantitative estimate of drug-likeness (QED) is 0.688. The van der Waals surface area contributed by atoms with Gasteiger partial charge in [0.1, 0.15) is 0 Å². The second-order valence-corrected chi connectivity index (χ2v) is 5.84. The lowest BCUT2D eigenvalue weighted by Gasteiger charge is -2.43. The Balaban J connectivity index is 1.74. The number of carboxylic acid groups (broad SMARTS) is 1. The van der Waals surface area contributed by atoms with E-state index in [4.69, 9.17) is 10.2 Å². The fourth-order valence-electron chi connectivity index (χ4n) is 3.28. The van der Waals surface area contributed by atoms with Crippen molar-refractivity contribution in [2.24, 2.45) is 0 Å². The van der Waals surface area contributed by atoms with E-state index in [-0.39, 0.29) is 13.0 Å². The first-order chi connectivity index (χ1) is 9.69. The Labute approximate surface area is 121 Å². The molecule has 0 aromatic heterocycles. The number of hydrogen-bond acceptors (Lipinski definition) is 5. The van der Waals surface area contributed by atoms with Crippen LogP contribution in [0.2, 0.25) is 0 Å². The van der Waals surface area contributed by atoms with Crippen LogP contribution in [0.1, 0.15) is 19.3 Å². The molecule has 0 bridgehead atoms. The Bertz CT molecular complexity index is 306. The van der Waals surface area contributed by atoms with E-state index in [1.165, 1.54) is 12.8 Å². The normalized spacial score (nSPS) is 26.8. The molecule has 2 saturated heterocycles. The number of carbonyl (C=O) groups is 1. The molecule has 2 aliphatic rings. The highest BCUT2D eigenvalue weighted by Gasteiger charge is 2.27. The molecule has 2 fully saturated rings. The SMILES string of the molecule is O=C(O)CCN1CCCC(N2CCN(CCO)CC2)C1. The molecule has 0 saturated carbocycles. The number of piperazine rings is 1. The molecule has 0 spiro atoms. The number of rotatable bonds is 6. The molecule has 2 N–H and O–H groups in total. The number of aliphatic carboxylic acids is 1. The Morgan fingerprint density at radius 1 is 1.05 bits per heavy atom. The summed E-state index contributed by atoms with van der Waals surface area (Å²) in [4.78, 5) is 17.8. The molecule has 116 valence electrons. The van der Waals surface area contributed by atoms with Crippen LogP contribution in [0.3, 0.4) is 0 Å². The topological polar surface area (TPSA) is 67.2 Å². The van der Waals surface area contributed by atoms with E-state index in [2.05, 4.69) is 14.7 Å². The summed E-state index contributed by atoms with van der Waals surface area (Å²) in [5.74, 6) is -0.704. The average molecular weight is 285 g/mol. The van der Waals surface area contributed by atoms with Crippen molar-refractivity contribution in [2.75, 3.05) is 59.0 Å². The summed E-state index contributed by atoms with van der Waals surface area (Å²) in [6.45, 7) is 7.95. The van der Waals surface area contributed by atoms with Crippen molar-refractivity contribution in [2.45, 2.75) is 25.3 Å². The van der Waals surface area contributed by atoms with E-state index >= 15 is 0 Å². The summed E-state index contributed by atoms with van der Waals surface area (Å²) in [6.07, 6.45) is 2.64. The fraction of sp³-hybridized carbons (Fsp3) is 0.929. The minimum atomic E-state index is -0.704. The van der Waals surface area contributed by atoms with Crippen LogP contribution in [-0.2, 0) is 4.79 Å². The van der Waals surface area contributed by atoms with Crippen molar-refractivity contribution in [1.29, 1.82) is 0 Å². The zero-order chi connectivity index (χ0) is 14.4. The molecular formula is C14H27N3O3. The van der Waals surface area contributed by atoms with Crippen LogP contribution in [0, 0.1) is 0 Å². The second-order valence-electron chi connectivity index (χ2n) is 5.84. The summed E-state index contributed by atoms with van der Waals surface area (Å²) in [5.41, 5.74) is 0. The summed E-state index contributed by atoms with van der Waals surface area (Å²) in [6, 6.07) is 0.578. The number of nitrogens with zero attached hydrogens (tertiary/aromatic N) is 3. The van der Waals surface area contributed by atoms with Gasteiger partial charge in [-0.15, -0.1) is 0 Å². The molecular weight excluding hydrogens is 258 g/mol.